The molecule has 5 nitrogen and oxygen atoms in total. The molecular weight excluding hydrogens is 298 g/mol. The van der Waals surface area contributed by atoms with Crippen molar-refractivity contribution in [2.45, 2.75) is 52.5 Å². The average molecular weight is 319 g/mol. The summed E-state index contributed by atoms with van der Waals surface area (Å²) in [6, 6.07) is 1.96. The summed E-state index contributed by atoms with van der Waals surface area (Å²) < 4.78 is 5.20. The number of aryl methyl sites for hydroxylation is 3. The van der Waals surface area contributed by atoms with E-state index in [-0.39, 0.29) is 11.9 Å². The molecule has 0 N–H and O–H groups in total. The number of rotatable bonds is 3. The van der Waals surface area contributed by atoms with Crippen LogP contribution in [0, 0.1) is 13.8 Å². The molecule has 1 aliphatic rings. The fraction of sp³-hybridized carbons (Fsp3) is 0.562. The Morgan fingerprint density at radius 2 is 2.27 bits per heavy atom. The van der Waals surface area contributed by atoms with Crippen LogP contribution in [0.3, 0.4) is 0 Å². The van der Waals surface area contributed by atoms with E-state index in [2.05, 4.69) is 10.1 Å². The Kier molecular flexibility index (Phi) is 4.29. The van der Waals surface area contributed by atoms with Gasteiger partial charge in [0.05, 0.1) is 16.7 Å². The molecule has 1 atom stereocenters. The molecule has 118 valence electrons. The van der Waals surface area contributed by atoms with E-state index in [9.17, 15) is 4.79 Å². The van der Waals surface area contributed by atoms with Gasteiger partial charge in [0.2, 0.25) is 0 Å². The quantitative estimate of drug-likeness (QED) is 0.866. The lowest BCUT2D eigenvalue weighted by atomic mass is 9.98. The molecule has 0 bridgehead atoms. The van der Waals surface area contributed by atoms with Gasteiger partial charge >= 0.3 is 0 Å². The third-order valence-electron chi connectivity index (χ3n) is 4.08. The van der Waals surface area contributed by atoms with Crippen LogP contribution in [-0.2, 0) is 6.42 Å². The van der Waals surface area contributed by atoms with Crippen molar-refractivity contribution in [1.82, 2.24) is 15.0 Å². The van der Waals surface area contributed by atoms with Crippen LogP contribution in [0.25, 0.3) is 0 Å². The molecule has 0 radical (unpaired) electrons. The number of piperidine rings is 1. The number of hydrogen-bond acceptors (Lipinski definition) is 5. The molecule has 0 saturated carbocycles. The Morgan fingerprint density at radius 3 is 2.95 bits per heavy atom. The van der Waals surface area contributed by atoms with Crippen molar-refractivity contribution in [1.29, 1.82) is 0 Å². The smallest absolute Gasteiger partial charge is 0.266 e. The van der Waals surface area contributed by atoms with E-state index in [0.29, 0.717) is 0 Å². The molecule has 6 heteroatoms. The van der Waals surface area contributed by atoms with Gasteiger partial charge < -0.3 is 9.42 Å². The molecule has 2 aromatic heterocycles. The number of aromatic nitrogens is 2. The maximum absolute atomic E-state index is 13.0. The van der Waals surface area contributed by atoms with E-state index in [1.165, 1.54) is 11.3 Å². The number of hydrogen-bond donors (Lipinski definition) is 0. The van der Waals surface area contributed by atoms with E-state index < -0.39 is 0 Å². The van der Waals surface area contributed by atoms with Crippen LogP contribution >= 0.6 is 11.3 Å². The average Bonchev–Trinajstić information content (AvgIpc) is 3.12. The second kappa shape index (κ2) is 6.20. The van der Waals surface area contributed by atoms with E-state index in [0.717, 1.165) is 59.3 Å². The molecular formula is C16H21N3O2S. The van der Waals surface area contributed by atoms with Crippen molar-refractivity contribution >= 4 is 17.2 Å². The summed E-state index contributed by atoms with van der Waals surface area (Å²) >= 11 is 1.50. The summed E-state index contributed by atoms with van der Waals surface area (Å²) in [5.41, 5.74) is 1.78. The fourth-order valence-electron chi connectivity index (χ4n) is 3.03. The largest absolute Gasteiger partial charge is 0.361 e. The monoisotopic (exact) mass is 319 g/mol. The van der Waals surface area contributed by atoms with Crippen LogP contribution in [0.2, 0.25) is 0 Å². The molecule has 0 unspecified atom stereocenters. The van der Waals surface area contributed by atoms with Gasteiger partial charge in [-0.1, -0.05) is 12.1 Å². The summed E-state index contributed by atoms with van der Waals surface area (Å²) in [5.74, 6) is 0.878. The lowest BCUT2D eigenvalue weighted by molar-refractivity contribution is 0.0605. The van der Waals surface area contributed by atoms with Gasteiger partial charge in [-0.3, -0.25) is 4.79 Å². The van der Waals surface area contributed by atoms with Gasteiger partial charge in [-0.2, -0.15) is 0 Å². The van der Waals surface area contributed by atoms with Crippen LogP contribution in [0.4, 0.5) is 0 Å². The first-order valence-electron chi connectivity index (χ1n) is 7.80. The molecule has 1 saturated heterocycles. The predicted octanol–water partition coefficient (Wildman–Crippen LogP) is 3.68. The standard InChI is InChI=1S/C16H21N3O2S/c1-4-12-15(22-11(3)17-12)16(20)19-8-6-5-7-14(19)13-9-10(2)21-18-13/h9,14H,4-8H2,1-3H3/t14-/m1/s1. The number of carbonyl (C=O) groups is 1. The minimum Gasteiger partial charge on any atom is -0.361 e. The van der Waals surface area contributed by atoms with Crippen molar-refractivity contribution in [2.24, 2.45) is 0 Å². The molecule has 1 amide bonds. The van der Waals surface area contributed by atoms with Crippen molar-refractivity contribution < 1.29 is 9.32 Å². The van der Waals surface area contributed by atoms with E-state index in [1.807, 2.05) is 31.7 Å². The highest BCUT2D eigenvalue weighted by molar-refractivity contribution is 7.13. The maximum Gasteiger partial charge on any atom is 0.266 e. The van der Waals surface area contributed by atoms with Crippen molar-refractivity contribution in [3.63, 3.8) is 0 Å². The zero-order valence-electron chi connectivity index (χ0n) is 13.3. The van der Waals surface area contributed by atoms with Crippen molar-refractivity contribution in [3.8, 4) is 0 Å². The first-order chi connectivity index (χ1) is 10.6. The number of likely N-dealkylation sites (tertiary alicyclic amines) is 1. The zero-order chi connectivity index (χ0) is 15.7. The first-order valence-corrected chi connectivity index (χ1v) is 8.62. The van der Waals surface area contributed by atoms with Gasteiger partial charge in [0.15, 0.2) is 0 Å². The molecule has 1 aliphatic heterocycles. The summed E-state index contributed by atoms with van der Waals surface area (Å²) in [4.78, 5) is 20.2. The summed E-state index contributed by atoms with van der Waals surface area (Å²) in [6.45, 7) is 6.65. The van der Waals surface area contributed by atoms with Gasteiger partial charge in [0.1, 0.15) is 16.3 Å². The van der Waals surface area contributed by atoms with Crippen molar-refractivity contribution in [2.75, 3.05) is 6.54 Å². The maximum atomic E-state index is 13.0. The normalized spacial score (nSPS) is 18.7. The molecule has 22 heavy (non-hydrogen) atoms. The third-order valence-corrected chi connectivity index (χ3v) is 5.09. The summed E-state index contributed by atoms with van der Waals surface area (Å²) in [5, 5.41) is 5.08. The molecule has 0 spiro atoms. The first kappa shape index (κ1) is 15.2. The highest BCUT2D eigenvalue weighted by atomic mass is 32.1. The number of amides is 1. The van der Waals surface area contributed by atoms with Crippen molar-refractivity contribution in [3.05, 3.63) is 33.1 Å². The number of carbonyl (C=O) groups excluding carboxylic acids is 1. The highest BCUT2D eigenvalue weighted by Crippen LogP contribution is 2.33. The van der Waals surface area contributed by atoms with Crippen LogP contribution < -0.4 is 0 Å². The van der Waals surface area contributed by atoms with Gasteiger partial charge in [-0.05, 0) is 39.5 Å². The second-order valence-corrected chi connectivity index (χ2v) is 6.94. The highest BCUT2D eigenvalue weighted by Gasteiger charge is 2.32. The van der Waals surface area contributed by atoms with Crippen LogP contribution in [0.15, 0.2) is 10.6 Å². The molecule has 2 aromatic rings. The minimum absolute atomic E-state index is 0.0193. The number of thiazole rings is 1. The lowest BCUT2D eigenvalue weighted by Crippen LogP contribution is -2.38. The topological polar surface area (TPSA) is 59.2 Å². The SMILES string of the molecule is CCc1nc(C)sc1C(=O)N1CCCC[C@@H]1c1cc(C)on1. The zero-order valence-corrected chi connectivity index (χ0v) is 14.1. The third kappa shape index (κ3) is 2.79. The second-order valence-electron chi connectivity index (χ2n) is 5.73. The molecule has 1 fully saturated rings. The van der Waals surface area contributed by atoms with Gasteiger partial charge in [0.25, 0.3) is 5.91 Å². The molecule has 3 rings (SSSR count). The van der Waals surface area contributed by atoms with E-state index in [4.69, 9.17) is 4.52 Å². The van der Waals surface area contributed by atoms with E-state index >= 15 is 0 Å². The Hall–Kier alpha value is -1.69. The van der Waals surface area contributed by atoms with Crippen LogP contribution in [0.5, 0.6) is 0 Å². The molecule has 0 aliphatic carbocycles. The van der Waals surface area contributed by atoms with Crippen LogP contribution in [-0.4, -0.2) is 27.5 Å². The van der Waals surface area contributed by atoms with Gasteiger partial charge in [0, 0.05) is 12.6 Å². The Bertz CT molecular complexity index is 677. The minimum atomic E-state index is 0.0193. The Morgan fingerprint density at radius 1 is 1.45 bits per heavy atom. The predicted molar refractivity (Wildman–Crippen MR) is 85.1 cm³/mol. The lowest BCUT2D eigenvalue weighted by Gasteiger charge is -2.34. The Balaban J connectivity index is 1.91. The van der Waals surface area contributed by atoms with Gasteiger partial charge in [-0.25, -0.2) is 4.98 Å². The summed E-state index contributed by atoms with van der Waals surface area (Å²) in [7, 11) is 0. The Labute approximate surface area is 134 Å². The molecule has 0 aromatic carbocycles. The van der Waals surface area contributed by atoms with E-state index in [1.54, 1.807) is 0 Å². The summed E-state index contributed by atoms with van der Waals surface area (Å²) in [6.07, 6.45) is 3.88. The van der Waals surface area contributed by atoms with Gasteiger partial charge in [-0.15, -0.1) is 11.3 Å². The molecule has 3 heterocycles. The van der Waals surface area contributed by atoms with Crippen LogP contribution in [0.1, 0.15) is 64.1 Å². The fourth-order valence-corrected chi connectivity index (χ4v) is 4.00. The number of nitrogens with zero attached hydrogens (tertiary/aromatic N) is 3.